The van der Waals surface area contributed by atoms with Gasteiger partial charge in [-0.25, -0.2) is 0 Å². The van der Waals surface area contributed by atoms with E-state index < -0.39 is 5.41 Å². The maximum atomic E-state index is 2.56. The van der Waals surface area contributed by atoms with Gasteiger partial charge in [0.05, 0.1) is 11.1 Å². The zero-order chi connectivity index (χ0) is 56.2. The highest BCUT2D eigenvalue weighted by Gasteiger charge is 2.52. The summed E-state index contributed by atoms with van der Waals surface area (Å²) in [5.41, 5.74) is 34.1. The highest BCUT2D eigenvalue weighted by atomic mass is 15.1. The van der Waals surface area contributed by atoms with Crippen LogP contribution in [0.3, 0.4) is 0 Å². The summed E-state index contributed by atoms with van der Waals surface area (Å²) in [5, 5.41) is 0. The summed E-state index contributed by atoms with van der Waals surface area (Å²) in [6, 6.07) is 91.0. The highest BCUT2D eigenvalue weighted by Crippen LogP contribution is 2.64. The molecule has 0 aromatic heterocycles. The standard InChI is InChI=1S/C81H69N/c1-77(2,3)52-37-44-71-66(47-52)67-48-53(78(4,5)6)38-45-72(67)81(71)70-32-19-15-26-60(70)63-43-41-55(49-74(63)81)82(75-33-20-16-23-57(75)51-36-42-62-59-25-13-17-30-68(59)79(7,8)73(62)46-51)54-39-34-50(35-40-54)56-22-11-12-24-58(56)64-28-21-29-65-61-27-14-18-31-69(61)80(9,10)76(64)65/h11-49H,1-10H3. The first-order valence-electron chi connectivity index (χ1n) is 29.6. The summed E-state index contributed by atoms with van der Waals surface area (Å²) in [6.07, 6.45) is 0. The molecule has 0 saturated heterocycles. The van der Waals surface area contributed by atoms with Crippen molar-refractivity contribution in [3.63, 3.8) is 0 Å². The van der Waals surface area contributed by atoms with E-state index >= 15 is 0 Å². The Morgan fingerprint density at radius 1 is 0.268 bits per heavy atom. The Morgan fingerprint density at radius 3 is 1.32 bits per heavy atom. The van der Waals surface area contributed by atoms with Gasteiger partial charge in [0, 0.05) is 27.8 Å². The third-order valence-electron chi connectivity index (χ3n) is 19.4. The molecular weight excluding hydrogens is 987 g/mol. The summed E-state index contributed by atoms with van der Waals surface area (Å²) in [6.45, 7) is 23.6. The van der Waals surface area contributed by atoms with Gasteiger partial charge in [-0.15, -0.1) is 0 Å². The van der Waals surface area contributed by atoms with Crippen molar-refractivity contribution in [2.45, 2.75) is 96.3 Å². The molecule has 0 saturated carbocycles. The predicted octanol–water partition coefficient (Wildman–Crippen LogP) is 21.7. The minimum atomic E-state index is -0.535. The molecule has 0 aliphatic heterocycles. The fourth-order valence-electron chi connectivity index (χ4n) is 15.3. The molecule has 0 atom stereocenters. The molecule has 4 aliphatic rings. The molecule has 15 rings (SSSR count). The average molecular weight is 1060 g/mol. The van der Waals surface area contributed by atoms with Gasteiger partial charge in [0.25, 0.3) is 0 Å². The van der Waals surface area contributed by atoms with Gasteiger partial charge in [-0.05, 0) is 175 Å². The largest absolute Gasteiger partial charge is 0.310 e. The molecule has 0 N–H and O–H groups in total. The molecule has 11 aromatic rings. The number of para-hydroxylation sites is 1. The molecule has 4 aliphatic carbocycles. The van der Waals surface area contributed by atoms with Gasteiger partial charge < -0.3 is 4.90 Å². The van der Waals surface area contributed by atoms with E-state index in [1.54, 1.807) is 0 Å². The maximum absolute atomic E-state index is 2.56. The van der Waals surface area contributed by atoms with Crippen molar-refractivity contribution in [1.82, 2.24) is 0 Å². The Morgan fingerprint density at radius 2 is 0.695 bits per heavy atom. The molecule has 1 spiro atoms. The SMILES string of the molecule is CC(C)(C)c1ccc2c(c1)-c1cc(C(C)(C)C)ccc1C21c2ccccc2-c2ccc(N(c3ccc(-c4ccccc4-c4cccc5c4C(C)(C)c4ccccc4-5)cc3)c3ccccc3-c3ccc4c(c3)C(C)(C)c3ccccc3-4)cc21. The fraction of sp³-hybridized carbons (Fsp3) is 0.185. The van der Waals surface area contributed by atoms with Gasteiger partial charge in [0.1, 0.15) is 0 Å². The summed E-state index contributed by atoms with van der Waals surface area (Å²) in [7, 11) is 0. The Balaban J connectivity index is 0.938. The van der Waals surface area contributed by atoms with E-state index in [9.17, 15) is 0 Å². The van der Waals surface area contributed by atoms with Gasteiger partial charge in [-0.3, -0.25) is 0 Å². The van der Waals surface area contributed by atoms with Crippen LogP contribution in [-0.4, -0.2) is 0 Å². The fourth-order valence-corrected chi connectivity index (χ4v) is 15.3. The van der Waals surface area contributed by atoms with Crippen LogP contribution in [0, 0.1) is 0 Å². The van der Waals surface area contributed by atoms with Gasteiger partial charge in [-0.2, -0.15) is 0 Å². The van der Waals surface area contributed by atoms with E-state index in [2.05, 4.69) is 311 Å². The lowest BCUT2D eigenvalue weighted by atomic mass is 9.70. The molecule has 82 heavy (non-hydrogen) atoms. The third-order valence-corrected chi connectivity index (χ3v) is 19.4. The molecule has 1 nitrogen and oxygen atoms in total. The van der Waals surface area contributed by atoms with E-state index in [1.807, 2.05) is 0 Å². The van der Waals surface area contributed by atoms with Crippen molar-refractivity contribution in [3.8, 4) is 77.9 Å². The molecule has 0 bridgehead atoms. The van der Waals surface area contributed by atoms with E-state index in [1.165, 1.54) is 134 Å². The number of hydrogen-bond acceptors (Lipinski definition) is 1. The number of nitrogens with zero attached hydrogens (tertiary/aromatic N) is 1. The number of fused-ring (bicyclic) bond motifs is 16. The zero-order valence-corrected chi connectivity index (χ0v) is 49.0. The zero-order valence-electron chi connectivity index (χ0n) is 49.0. The Hall–Kier alpha value is -8.78. The van der Waals surface area contributed by atoms with E-state index in [0.717, 1.165) is 17.1 Å². The summed E-state index contributed by atoms with van der Waals surface area (Å²) >= 11 is 0. The van der Waals surface area contributed by atoms with Crippen LogP contribution >= 0.6 is 0 Å². The van der Waals surface area contributed by atoms with Crippen LogP contribution in [0.4, 0.5) is 17.1 Å². The molecule has 0 radical (unpaired) electrons. The van der Waals surface area contributed by atoms with Crippen molar-refractivity contribution < 1.29 is 0 Å². The maximum Gasteiger partial charge on any atom is 0.0726 e. The molecule has 1 heteroatoms. The number of hydrogen-bond donors (Lipinski definition) is 0. The summed E-state index contributed by atoms with van der Waals surface area (Å²) in [4.78, 5) is 2.54. The molecule has 0 amide bonds. The molecule has 0 heterocycles. The Labute approximate surface area is 485 Å². The van der Waals surface area contributed by atoms with Gasteiger partial charge in [-0.1, -0.05) is 269 Å². The normalized spacial score (nSPS) is 15.0. The van der Waals surface area contributed by atoms with Crippen LogP contribution in [0.1, 0.15) is 125 Å². The lowest BCUT2D eigenvalue weighted by molar-refractivity contribution is 0.589. The second-order valence-electron chi connectivity index (χ2n) is 26.8. The quantitative estimate of drug-likeness (QED) is 0.160. The number of benzene rings is 11. The molecule has 11 aromatic carbocycles. The number of rotatable bonds is 6. The van der Waals surface area contributed by atoms with Crippen molar-refractivity contribution in [1.29, 1.82) is 0 Å². The second kappa shape index (κ2) is 17.6. The van der Waals surface area contributed by atoms with Crippen molar-refractivity contribution in [2.24, 2.45) is 0 Å². The van der Waals surface area contributed by atoms with Gasteiger partial charge in [0.2, 0.25) is 0 Å². The predicted molar refractivity (Wildman–Crippen MR) is 346 cm³/mol. The first kappa shape index (κ1) is 50.2. The molecule has 0 fully saturated rings. The lowest BCUT2D eigenvalue weighted by Crippen LogP contribution is -2.26. The van der Waals surface area contributed by atoms with Crippen molar-refractivity contribution in [3.05, 3.63) is 292 Å². The van der Waals surface area contributed by atoms with Crippen LogP contribution in [0.15, 0.2) is 237 Å². The average Bonchev–Trinajstić information content (AvgIpc) is 2.02. The first-order chi connectivity index (χ1) is 39.5. The van der Waals surface area contributed by atoms with Gasteiger partial charge in [0.15, 0.2) is 0 Å². The second-order valence-corrected chi connectivity index (χ2v) is 26.8. The molecular formula is C81H69N. The van der Waals surface area contributed by atoms with Crippen LogP contribution in [0.25, 0.3) is 77.9 Å². The Kier molecular flexibility index (Phi) is 10.8. The minimum absolute atomic E-state index is 0.0135. The number of anilines is 3. The van der Waals surface area contributed by atoms with Crippen LogP contribution in [0.5, 0.6) is 0 Å². The van der Waals surface area contributed by atoms with E-state index in [4.69, 9.17) is 0 Å². The minimum Gasteiger partial charge on any atom is -0.310 e. The topological polar surface area (TPSA) is 3.24 Å². The van der Waals surface area contributed by atoms with E-state index in [-0.39, 0.29) is 21.7 Å². The third kappa shape index (κ3) is 7.11. The lowest BCUT2D eigenvalue weighted by Gasteiger charge is -2.33. The van der Waals surface area contributed by atoms with Crippen molar-refractivity contribution in [2.75, 3.05) is 4.90 Å². The summed E-state index contributed by atoms with van der Waals surface area (Å²) < 4.78 is 0. The summed E-state index contributed by atoms with van der Waals surface area (Å²) in [5.74, 6) is 0. The van der Waals surface area contributed by atoms with Crippen molar-refractivity contribution >= 4 is 17.1 Å². The molecule has 0 unspecified atom stereocenters. The van der Waals surface area contributed by atoms with Crippen LogP contribution in [-0.2, 0) is 27.1 Å². The van der Waals surface area contributed by atoms with E-state index in [0.29, 0.717) is 0 Å². The van der Waals surface area contributed by atoms with Crippen LogP contribution < -0.4 is 4.90 Å². The highest BCUT2D eigenvalue weighted by molar-refractivity contribution is 5.99. The smallest absolute Gasteiger partial charge is 0.0726 e. The molecule has 398 valence electrons. The first-order valence-corrected chi connectivity index (χ1v) is 29.6. The van der Waals surface area contributed by atoms with Crippen LogP contribution in [0.2, 0.25) is 0 Å². The monoisotopic (exact) mass is 1060 g/mol. The van der Waals surface area contributed by atoms with Gasteiger partial charge >= 0.3 is 0 Å². The Bertz CT molecular complexity index is 4400.